The molecule has 0 spiro atoms. The van der Waals surface area contributed by atoms with Crippen molar-refractivity contribution in [2.24, 2.45) is 5.73 Å². The Morgan fingerprint density at radius 1 is 1.23 bits per heavy atom. The number of amides is 1. The Labute approximate surface area is 131 Å². The van der Waals surface area contributed by atoms with E-state index in [1.165, 1.54) is 7.11 Å². The van der Waals surface area contributed by atoms with Gasteiger partial charge in [0.15, 0.2) is 11.5 Å². The summed E-state index contributed by atoms with van der Waals surface area (Å²) in [4.78, 5) is 11.9. The van der Waals surface area contributed by atoms with Gasteiger partial charge in [-0.2, -0.15) is 0 Å². The summed E-state index contributed by atoms with van der Waals surface area (Å²) in [5, 5.41) is 2.86. The molecule has 124 valence electrons. The van der Waals surface area contributed by atoms with Crippen LogP contribution in [0.3, 0.4) is 0 Å². The van der Waals surface area contributed by atoms with Crippen molar-refractivity contribution in [1.29, 1.82) is 0 Å². The van der Waals surface area contributed by atoms with Gasteiger partial charge >= 0.3 is 0 Å². The fourth-order valence-corrected chi connectivity index (χ4v) is 2.05. The maximum absolute atomic E-state index is 11.9. The number of rotatable bonds is 8. The van der Waals surface area contributed by atoms with E-state index in [4.69, 9.17) is 19.9 Å². The molecule has 6 heteroatoms. The third kappa shape index (κ3) is 4.61. The average Bonchev–Trinajstić information content (AvgIpc) is 2.52. The van der Waals surface area contributed by atoms with E-state index in [1.54, 1.807) is 14.2 Å². The number of hydrogen-bond donors (Lipinski definition) is 2. The van der Waals surface area contributed by atoms with Crippen LogP contribution >= 0.6 is 0 Å². The topological polar surface area (TPSA) is 82.8 Å². The Kier molecular flexibility index (Phi) is 6.64. The number of methoxy groups -OCH3 is 3. The van der Waals surface area contributed by atoms with Gasteiger partial charge in [0.1, 0.15) is 6.04 Å². The minimum Gasteiger partial charge on any atom is -0.493 e. The van der Waals surface area contributed by atoms with Crippen molar-refractivity contribution in [2.45, 2.75) is 25.3 Å². The molecule has 0 heterocycles. The van der Waals surface area contributed by atoms with E-state index in [-0.39, 0.29) is 17.9 Å². The summed E-state index contributed by atoms with van der Waals surface area (Å²) in [5.74, 6) is 1.11. The Balaban J connectivity index is 2.79. The molecule has 1 aromatic rings. The summed E-state index contributed by atoms with van der Waals surface area (Å²) < 4.78 is 15.4. The van der Waals surface area contributed by atoms with Gasteiger partial charge in [0.25, 0.3) is 0 Å². The van der Waals surface area contributed by atoms with Gasteiger partial charge in [-0.15, -0.1) is 0 Å². The standard InChI is InChI=1S/C16H26N2O4/c1-16(2,10-18-15(19)12(17)9-20-3)11-6-7-13(21-4)14(8-11)22-5/h6-8,12H,9-10,17H2,1-5H3,(H,18,19). The maximum Gasteiger partial charge on any atom is 0.239 e. The van der Waals surface area contributed by atoms with Crippen LogP contribution in [0.25, 0.3) is 0 Å². The Bertz CT molecular complexity index is 503. The predicted octanol–water partition coefficient (Wildman–Crippen LogP) is 1.07. The zero-order chi connectivity index (χ0) is 16.8. The predicted molar refractivity (Wildman–Crippen MR) is 85.4 cm³/mol. The lowest BCUT2D eigenvalue weighted by Gasteiger charge is -2.27. The smallest absolute Gasteiger partial charge is 0.239 e. The molecule has 1 rings (SSSR count). The van der Waals surface area contributed by atoms with E-state index in [0.29, 0.717) is 18.0 Å². The van der Waals surface area contributed by atoms with E-state index in [1.807, 2.05) is 32.0 Å². The average molecular weight is 310 g/mol. The monoisotopic (exact) mass is 310 g/mol. The number of benzene rings is 1. The summed E-state index contributed by atoms with van der Waals surface area (Å²) in [5.41, 5.74) is 6.46. The van der Waals surface area contributed by atoms with Crippen LogP contribution in [0, 0.1) is 0 Å². The molecule has 6 nitrogen and oxygen atoms in total. The van der Waals surface area contributed by atoms with Crippen LogP contribution in [0.5, 0.6) is 11.5 Å². The molecule has 0 aliphatic heterocycles. The zero-order valence-electron chi connectivity index (χ0n) is 13.9. The quantitative estimate of drug-likeness (QED) is 0.750. The second-order valence-corrected chi connectivity index (χ2v) is 5.73. The minimum absolute atomic E-state index is 0.197. The molecule has 0 aromatic heterocycles. The molecule has 0 bridgehead atoms. The Hall–Kier alpha value is -1.79. The highest BCUT2D eigenvalue weighted by molar-refractivity contribution is 5.81. The number of hydrogen-bond acceptors (Lipinski definition) is 5. The third-order valence-electron chi connectivity index (χ3n) is 3.55. The van der Waals surface area contributed by atoms with E-state index < -0.39 is 6.04 Å². The molecular weight excluding hydrogens is 284 g/mol. The van der Waals surface area contributed by atoms with Crippen LogP contribution in [0.15, 0.2) is 18.2 Å². The number of ether oxygens (including phenoxy) is 3. The van der Waals surface area contributed by atoms with Crippen LogP contribution in [-0.2, 0) is 14.9 Å². The summed E-state index contributed by atoms with van der Waals surface area (Å²) in [6.45, 7) is 4.73. The first kappa shape index (κ1) is 18.3. The van der Waals surface area contributed by atoms with Gasteiger partial charge in [-0.1, -0.05) is 19.9 Å². The lowest BCUT2D eigenvalue weighted by atomic mass is 9.84. The SMILES string of the molecule is COCC(N)C(=O)NCC(C)(C)c1ccc(OC)c(OC)c1. The lowest BCUT2D eigenvalue weighted by Crippen LogP contribution is -2.47. The van der Waals surface area contributed by atoms with Gasteiger partial charge in [0, 0.05) is 19.1 Å². The summed E-state index contributed by atoms with van der Waals surface area (Å²) >= 11 is 0. The second-order valence-electron chi connectivity index (χ2n) is 5.73. The minimum atomic E-state index is -0.661. The summed E-state index contributed by atoms with van der Waals surface area (Å²) in [7, 11) is 4.71. The van der Waals surface area contributed by atoms with Crippen molar-refractivity contribution in [2.75, 3.05) is 34.5 Å². The van der Waals surface area contributed by atoms with Gasteiger partial charge in [-0.3, -0.25) is 4.79 Å². The van der Waals surface area contributed by atoms with E-state index in [9.17, 15) is 4.79 Å². The third-order valence-corrected chi connectivity index (χ3v) is 3.55. The molecule has 0 saturated heterocycles. The van der Waals surface area contributed by atoms with Crippen LogP contribution in [0.4, 0.5) is 0 Å². The molecule has 0 aliphatic rings. The first-order valence-electron chi connectivity index (χ1n) is 7.10. The molecule has 0 radical (unpaired) electrons. The van der Waals surface area contributed by atoms with E-state index in [2.05, 4.69) is 5.32 Å². The molecule has 1 atom stereocenters. The number of nitrogens with two attached hydrogens (primary N) is 1. The highest BCUT2D eigenvalue weighted by Crippen LogP contribution is 2.32. The van der Waals surface area contributed by atoms with Gasteiger partial charge in [0.05, 0.1) is 20.8 Å². The highest BCUT2D eigenvalue weighted by Gasteiger charge is 2.24. The van der Waals surface area contributed by atoms with Crippen LogP contribution < -0.4 is 20.5 Å². The zero-order valence-corrected chi connectivity index (χ0v) is 13.9. The van der Waals surface area contributed by atoms with Crippen LogP contribution in [0.1, 0.15) is 19.4 Å². The van der Waals surface area contributed by atoms with E-state index in [0.717, 1.165) is 5.56 Å². The molecule has 1 unspecified atom stereocenters. The van der Waals surface area contributed by atoms with Gasteiger partial charge < -0.3 is 25.3 Å². The van der Waals surface area contributed by atoms with Crippen molar-refractivity contribution in [3.05, 3.63) is 23.8 Å². The maximum atomic E-state index is 11.9. The fraction of sp³-hybridized carbons (Fsp3) is 0.562. The molecule has 1 amide bonds. The molecule has 0 fully saturated rings. The fourth-order valence-electron chi connectivity index (χ4n) is 2.05. The van der Waals surface area contributed by atoms with Crippen molar-refractivity contribution < 1.29 is 19.0 Å². The highest BCUT2D eigenvalue weighted by atomic mass is 16.5. The normalized spacial score (nSPS) is 12.6. The first-order valence-corrected chi connectivity index (χ1v) is 7.10. The summed E-state index contributed by atoms with van der Waals surface area (Å²) in [6.07, 6.45) is 0. The molecule has 22 heavy (non-hydrogen) atoms. The first-order chi connectivity index (χ1) is 10.4. The van der Waals surface area contributed by atoms with Crippen molar-refractivity contribution in [1.82, 2.24) is 5.32 Å². The van der Waals surface area contributed by atoms with Gasteiger partial charge in [0.2, 0.25) is 5.91 Å². The van der Waals surface area contributed by atoms with Crippen molar-refractivity contribution >= 4 is 5.91 Å². The molecular formula is C16H26N2O4. The van der Waals surface area contributed by atoms with Gasteiger partial charge in [-0.25, -0.2) is 0 Å². The molecule has 0 saturated carbocycles. The van der Waals surface area contributed by atoms with Crippen LogP contribution in [0.2, 0.25) is 0 Å². The molecule has 0 aliphatic carbocycles. The Morgan fingerprint density at radius 2 is 1.86 bits per heavy atom. The van der Waals surface area contributed by atoms with E-state index >= 15 is 0 Å². The van der Waals surface area contributed by atoms with Gasteiger partial charge in [-0.05, 0) is 17.7 Å². The number of carbonyl (C=O) groups is 1. The van der Waals surface area contributed by atoms with Crippen molar-refractivity contribution in [3.8, 4) is 11.5 Å². The largest absolute Gasteiger partial charge is 0.493 e. The lowest BCUT2D eigenvalue weighted by molar-refractivity contribution is -0.123. The van der Waals surface area contributed by atoms with Crippen molar-refractivity contribution in [3.63, 3.8) is 0 Å². The Morgan fingerprint density at radius 3 is 2.41 bits per heavy atom. The van der Waals surface area contributed by atoms with Crippen LogP contribution in [-0.4, -0.2) is 46.4 Å². The molecule has 3 N–H and O–H groups in total. The second kappa shape index (κ2) is 8.00. The molecule has 1 aromatic carbocycles. The number of carbonyl (C=O) groups excluding carboxylic acids is 1. The summed E-state index contributed by atoms with van der Waals surface area (Å²) in [6, 6.07) is 5.07. The number of nitrogens with one attached hydrogen (secondary N) is 1.